The quantitative estimate of drug-likeness (QED) is 0.876. The number of aliphatic hydroxyl groups excluding tert-OH is 1. The van der Waals surface area contributed by atoms with E-state index in [1.54, 1.807) is 0 Å². The third-order valence-electron chi connectivity index (χ3n) is 3.60. The lowest BCUT2D eigenvalue weighted by atomic mass is 10.2. The summed E-state index contributed by atoms with van der Waals surface area (Å²) in [6.45, 7) is -0.339. The Balaban J connectivity index is 1.90. The number of carbonyl (C=O) groups is 1. The molecule has 1 aromatic carbocycles. The molecule has 1 amide bonds. The molecule has 0 radical (unpaired) electrons. The molecule has 0 aromatic heterocycles. The molecule has 0 bridgehead atoms. The highest BCUT2D eigenvalue weighted by Gasteiger charge is 2.34. The number of alkyl halides is 3. The molecular weight excluding hydrogens is 299 g/mol. The van der Waals surface area contributed by atoms with E-state index in [1.807, 2.05) is 0 Å². The smallest absolute Gasteiger partial charge is 0.419 e. The summed E-state index contributed by atoms with van der Waals surface area (Å²) in [5.74, 6) is -0.627. The number of para-hydroxylation sites is 1. The van der Waals surface area contributed by atoms with Crippen LogP contribution in [0.4, 0.5) is 13.2 Å². The van der Waals surface area contributed by atoms with Gasteiger partial charge in [0.15, 0.2) is 6.61 Å². The van der Waals surface area contributed by atoms with E-state index in [0.717, 1.165) is 18.9 Å². The first-order chi connectivity index (χ1) is 10.3. The van der Waals surface area contributed by atoms with E-state index in [1.165, 1.54) is 30.1 Å². The molecule has 1 aliphatic rings. The average molecular weight is 317 g/mol. The lowest BCUT2D eigenvalue weighted by Gasteiger charge is -2.21. The Kier molecular flexibility index (Phi) is 4.95. The first-order valence-corrected chi connectivity index (χ1v) is 7.00. The van der Waals surface area contributed by atoms with Crippen LogP contribution in [0.25, 0.3) is 0 Å². The molecule has 1 unspecified atom stereocenters. The van der Waals surface area contributed by atoms with E-state index in [0.29, 0.717) is 0 Å². The molecule has 0 aliphatic heterocycles. The second-order valence-corrected chi connectivity index (χ2v) is 5.46. The maximum atomic E-state index is 12.8. The molecule has 1 aromatic rings. The molecule has 1 saturated carbocycles. The number of ether oxygens (including phenoxy) is 1. The summed E-state index contributed by atoms with van der Waals surface area (Å²) in [5.41, 5.74) is -0.913. The SMILES string of the molecule is CN(CC(O)C1CC1)C(=O)COc1ccccc1C(F)(F)F. The molecule has 2 rings (SSSR count). The molecule has 122 valence electrons. The third kappa shape index (κ3) is 4.37. The zero-order chi connectivity index (χ0) is 16.3. The number of benzene rings is 1. The van der Waals surface area contributed by atoms with Gasteiger partial charge in [0, 0.05) is 13.6 Å². The lowest BCUT2D eigenvalue weighted by molar-refractivity contribution is -0.141. The number of hydrogen-bond donors (Lipinski definition) is 1. The Labute approximate surface area is 126 Å². The van der Waals surface area contributed by atoms with Crippen LogP contribution in [0.1, 0.15) is 18.4 Å². The fourth-order valence-electron chi connectivity index (χ4n) is 2.09. The van der Waals surface area contributed by atoms with Gasteiger partial charge in [0.25, 0.3) is 5.91 Å². The van der Waals surface area contributed by atoms with Gasteiger partial charge in [0.2, 0.25) is 0 Å². The van der Waals surface area contributed by atoms with E-state index in [2.05, 4.69) is 0 Å². The highest BCUT2D eigenvalue weighted by Crippen LogP contribution is 2.36. The Bertz CT molecular complexity index is 529. The molecule has 22 heavy (non-hydrogen) atoms. The number of amides is 1. The number of carbonyl (C=O) groups excluding carboxylic acids is 1. The average Bonchev–Trinajstić information content (AvgIpc) is 3.28. The Hall–Kier alpha value is -1.76. The highest BCUT2D eigenvalue weighted by molar-refractivity contribution is 5.77. The van der Waals surface area contributed by atoms with Crippen LogP contribution in [0.5, 0.6) is 5.75 Å². The van der Waals surface area contributed by atoms with Crippen molar-refractivity contribution < 1.29 is 27.8 Å². The number of likely N-dealkylation sites (N-methyl/N-ethyl adjacent to an activating group) is 1. The van der Waals surface area contributed by atoms with Crippen LogP contribution >= 0.6 is 0 Å². The van der Waals surface area contributed by atoms with Crippen molar-refractivity contribution >= 4 is 5.91 Å². The largest absolute Gasteiger partial charge is 0.483 e. The van der Waals surface area contributed by atoms with Crippen LogP contribution in [0.2, 0.25) is 0 Å². The van der Waals surface area contributed by atoms with Crippen molar-refractivity contribution in [1.82, 2.24) is 4.90 Å². The van der Waals surface area contributed by atoms with Gasteiger partial charge in [-0.3, -0.25) is 4.79 Å². The van der Waals surface area contributed by atoms with Crippen molar-refractivity contribution in [3.8, 4) is 5.75 Å². The van der Waals surface area contributed by atoms with Crippen molar-refractivity contribution in [1.29, 1.82) is 0 Å². The molecule has 0 saturated heterocycles. The van der Waals surface area contributed by atoms with Gasteiger partial charge in [-0.1, -0.05) is 12.1 Å². The molecule has 1 atom stereocenters. The third-order valence-corrected chi connectivity index (χ3v) is 3.60. The van der Waals surface area contributed by atoms with Gasteiger partial charge in [-0.25, -0.2) is 0 Å². The first kappa shape index (κ1) is 16.6. The van der Waals surface area contributed by atoms with Gasteiger partial charge in [-0.05, 0) is 30.9 Å². The van der Waals surface area contributed by atoms with Crippen LogP contribution in [0.15, 0.2) is 24.3 Å². The predicted molar refractivity (Wildman–Crippen MR) is 73.3 cm³/mol. The van der Waals surface area contributed by atoms with Gasteiger partial charge in [0.1, 0.15) is 5.75 Å². The van der Waals surface area contributed by atoms with Crippen molar-refractivity contribution in [3.63, 3.8) is 0 Å². The number of rotatable bonds is 6. The van der Waals surface area contributed by atoms with E-state index in [-0.39, 0.29) is 18.2 Å². The summed E-state index contributed by atoms with van der Waals surface area (Å²) in [7, 11) is 1.49. The van der Waals surface area contributed by atoms with Crippen LogP contribution in [0, 0.1) is 5.92 Å². The number of nitrogens with zero attached hydrogens (tertiary/aromatic N) is 1. The lowest BCUT2D eigenvalue weighted by Crippen LogP contribution is -2.38. The van der Waals surface area contributed by atoms with Crippen molar-refractivity contribution in [3.05, 3.63) is 29.8 Å². The summed E-state index contributed by atoms with van der Waals surface area (Å²) in [6, 6.07) is 4.75. The molecule has 7 heteroatoms. The van der Waals surface area contributed by atoms with E-state index >= 15 is 0 Å². The maximum absolute atomic E-state index is 12.8. The number of halogens is 3. The van der Waals surface area contributed by atoms with Crippen LogP contribution in [-0.2, 0) is 11.0 Å². The standard InChI is InChI=1S/C15H18F3NO3/c1-19(8-12(20)10-6-7-10)14(21)9-22-13-5-3-2-4-11(13)15(16,17)18/h2-5,10,12,20H,6-9H2,1H3. The summed E-state index contributed by atoms with van der Waals surface area (Å²) >= 11 is 0. The fourth-order valence-corrected chi connectivity index (χ4v) is 2.09. The second kappa shape index (κ2) is 6.56. The summed E-state index contributed by atoms with van der Waals surface area (Å²) < 4.78 is 43.4. The molecule has 0 heterocycles. The van der Waals surface area contributed by atoms with Crippen LogP contribution in [0.3, 0.4) is 0 Å². The van der Waals surface area contributed by atoms with Gasteiger partial charge in [-0.2, -0.15) is 13.2 Å². The highest BCUT2D eigenvalue weighted by atomic mass is 19.4. The number of hydrogen-bond acceptors (Lipinski definition) is 3. The van der Waals surface area contributed by atoms with Crippen molar-refractivity contribution in [2.45, 2.75) is 25.1 Å². The van der Waals surface area contributed by atoms with Crippen molar-refractivity contribution in [2.75, 3.05) is 20.2 Å². The minimum atomic E-state index is -4.53. The monoisotopic (exact) mass is 317 g/mol. The molecular formula is C15H18F3NO3. The van der Waals surface area contributed by atoms with Gasteiger partial charge >= 0.3 is 6.18 Å². The van der Waals surface area contributed by atoms with Gasteiger partial charge < -0.3 is 14.7 Å². The Morgan fingerprint density at radius 1 is 1.41 bits per heavy atom. The zero-order valence-electron chi connectivity index (χ0n) is 12.1. The fraction of sp³-hybridized carbons (Fsp3) is 0.533. The predicted octanol–water partition coefficient (Wildman–Crippen LogP) is 2.31. The van der Waals surface area contributed by atoms with Crippen LogP contribution in [-0.4, -0.2) is 42.2 Å². The first-order valence-electron chi connectivity index (χ1n) is 7.00. The normalized spacial score (nSPS) is 16.2. The van der Waals surface area contributed by atoms with E-state index in [9.17, 15) is 23.1 Å². The van der Waals surface area contributed by atoms with Gasteiger partial charge in [0.05, 0.1) is 11.7 Å². The van der Waals surface area contributed by atoms with Gasteiger partial charge in [-0.15, -0.1) is 0 Å². The summed E-state index contributed by atoms with van der Waals surface area (Å²) in [6.07, 6.45) is -3.23. The Morgan fingerprint density at radius 3 is 2.64 bits per heavy atom. The minimum absolute atomic E-state index is 0.160. The van der Waals surface area contributed by atoms with Crippen molar-refractivity contribution in [2.24, 2.45) is 5.92 Å². The molecule has 1 fully saturated rings. The second-order valence-electron chi connectivity index (χ2n) is 5.46. The molecule has 0 spiro atoms. The number of aliphatic hydroxyl groups is 1. The minimum Gasteiger partial charge on any atom is -0.483 e. The van der Waals surface area contributed by atoms with Crippen LogP contribution < -0.4 is 4.74 Å². The summed E-state index contributed by atoms with van der Waals surface area (Å²) in [4.78, 5) is 13.1. The maximum Gasteiger partial charge on any atom is 0.419 e. The molecule has 4 nitrogen and oxygen atoms in total. The van der Waals surface area contributed by atoms with E-state index in [4.69, 9.17) is 4.74 Å². The zero-order valence-corrected chi connectivity index (χ0v) is 12.1. The molecule has 1 aliphatic carbocycles. The molecule has 1 N–H and O–H groups in total. The topological polar surface area (TPSA) is 49.8 Å². The van der Waals surface area contributed by atoms with E-state index < -0.39 is 30.4 Å². The summed E-state index contributed by atoms with van der Waals surface area (Å²) in [5, 5.41) is 9.76. The Morgan fingerprint density at radius 2 is 2.05 bits per heavy atom.